The molecule has 4 heteroatoms. The van der Waals surface area contributed by atoms with Crippen LogP contribution < -0.4 is 4.90 Å². The molecule has 0 spiro atoms. The van der Waals surface area contributed by atoms with E-state index >= 15 is 0 Å². The second kappa shape index (κ2) is 6.00. The Morgan fingerprint density at radius 2 is 1.52 bits per heavy atom. The number of ketones is 1. The summed E-state index contributed by atoms with van der Waals surface area (Å²) in [5, 5.41) is 10.5. The third-order valence-electron chi connectivity index (χ3n) is 4.36. The summed E-state index contributed by atoms with van der Waals surface area (Å²) in [7, 11) is 0. The lowest BCUT2D eigenvalue weighted by molar-refractivity contribution is 0.0933. The molecule has 0 radical (unpaired) electrons. The smallest absolute Gasteiger partial charge is 0.261 e. The van der Waals surface area contributed by atoms with Crippen LogP contribution in [0.1, 0.15) is 38.1 Å². The number of aliphatic hydroxyl groups excluding tert-OH is 1. The van der Waals surface area contributed by atoms with Crippen LogP contribution in [-0.4, -0.2) is 16.8 Å². The first-order chi connectivity index (χ1) is 12.2. The van der Waals surface area contributed by atoms with Crippen LogP contribution in [0.25, 0.3) is 0 Å². The van der Waals surface area contributed by atoms with Gasteiger partial charge < -0.3 is 5.11 Å². The molecule has 1 aliphatic rings. The molecule has 4 rings (SSSR count). The topological polar surface area (TPSA) is 57.6 Å². The molecule has 1 aliphatic heterocycles. The molecule has 0 bridgehead atoms. The highest BCUT2D eigenvalue weighted by atomic mass is 16.3. The molecule has 0 saturated heterocycles. The van der Waals surface area contributed by atoms with Crippen molar-refractivity contribution in [1.82, 2.24) is 0 Å². The Morgan fingerprint density at radius 3 is 2.28 bits per heavy atom. The Kier molecular flexibility index (Phi) is 3.67. The molecule has 122 valence electrons. The molecule has 3 aromatic rings. The van der Waals surface area contributed by atoms with Gasteiger partial charge in [0.2, 0.25) is 0 Å². The standard InChI is InChI=1S/C21H15NO3/c23-19(14-7-2-1-3-8-14)15-9-6-10-16(13-15)22-20(24)17-11-4-5-12-18(17)21(22)25/h1-13,20,24H. The van der Waals surface area contributed by atoms with Gasteiger partial charge in [-0.25, -0.2) is 0 Å². The number of nitrogens with zero attached hydrogens (tertiary/aromatic N) is 1. The molecular formula is C21H15NO3. The van der Waals surface area contributed by atoms with E-state index in [2.05, 4.69) is 0 Å². The van der Waals surface area contributed by atoms with E-state index in [9.17, 15) is 14.7 Å². The Labute approximate surface area is 145 Å². The van der Waals surface area contributed by atoms with E-state index in [-0.39, 0.29) is 11.7 Å². The number of carbonyl (C=O) groups is 2. The number of rotatable bonds is 3. The highest BCUT2D eigenvalue weighted by molar-refractivity contribution is 6.12. The Bertz CT molecular complexity index is 966. The van der Waals surface area contributed by atoms with Crippen molar-refractivity contribution in [2.45, 2.75) is 6.23 Å². The second-order valence-electron chi connectivity index (χ2n) is 5.88. The number of anilines is 1. The monoisotopic (exact) mass is 329 g/mol. The maximum Gasteiger partial charge on any atom is 0.261 e. The lowest BCUT2D eigenvalue weighted by Gasteiger charge is -2.21. The molecule has 0 aromatic heterocycles. The largest absolute Gasteiger partial charge is 0.369 e. The van der Waals surface area contributed by atoms with Gasteiger partial charge in [0.1, 0.15) is 0 Å². The molecule has 4 nitrogen and oxygen atoms in total. The highest BCUT2D eigenvalue weighted by Crippen LogP contribution is 2.36. The van der Waals surface area contributed by atoms with Crippen molar-refractivity contribution in [2.75, 3.05) is 4.90 Å². The first-order valence-electron chi connectivity index (χ1n) is 7.97. The van der Waals surface area contributed by atoms with E-state index in [1.165, 1.54) is 4.90 Å². The fourth-order valence-electron chi connectivity index (χ4n) is 3.11. The van der Waals surface area contributed by atoms with Crippen LogP contribution in [0.15, 0.2) is 78.9 Å². The zero-order valence-electron chi connectivity index (χ0n) is 13.3. The lowest BCUT2D eigenvalue weighted by Crippen LogP contribution is -2.27. The summed E-state index contributed by atoms with van der Waals surface area (Å²) in [6.07, 6.45) is -1.05. The molecule has 3 aromatic carbocycles. The zero-order valence-corrected chi connectivity index (χ0v) is 13.3. The van der Waals surface area contributed by atoms with Crippen molar-refractivity contribution in [3.05, 3.63) is 101 Å². The number of hydrogen-bond donors (Lipinski definition) is 1. The van der Waals surface area contributed by atoms with Crippen LogP contribution >= 0.6 is 0 Å². The average Bonchev–Trinajstić information content (AvgIpc) is 2.93. The van der Waals surface area contributed by atoms with Gasteiger partial charge in [-0.1, -0.05) is 60.7 Å². The molecule has 1 unspecified atom stereocenters. The van der Waals surface area contributed by atoms with Crippen molar-refractivity contribution in [2.24, 2.45) is 0 Å². The molecule has 1 amide bonds. The van der Waals surface area contributed by atoms with Gasteiger partial charge in [0.25, 0.3) is 5.91 Å². The number of amides is 1. The lowest BCUT2D eigenvalue weighted by atomic mass is 10.0. The first kappa shape index (κ1) is 15.3. The van der Waals surface area contributed by atoms with Gasteiger partial charge in [-0.3, -0.25) is 14.5 Å². The first-order valence-corrected chi connectivity index (χ1v) is 7.97. The fraction of sp³-hybridized carbons (Fsp3) is 0.0476. The van der Waals surface area contributed by atoms with Crippen LogP contribution in [0.2, 0.25) is 0 Å². The van der Waals surface area contributed by atoms with Crippen LogP contribution in [-0.2, 0) is 0 Å². The summed E-state index contributed by atoms with van der Waals surface area (Å²) in [4.78, 5) is 26.6. The van der Waals surface area contributed by atoms with Crippen molar-refractivity contribution in [3.8, 4) is 0 Å². The predicted octanol–water partition coefficient (Wildman–Crippen LogP) is 3.57. The van der Waals surface area contributed by atoms with E-state index in [4.69, 9.17) is 0 Å². The number of benzene rings is 3. The summed E-state index contributed by atoms with van der Waals surface area (Å²) in [6.45, 7) is 0. The highest BCUT2D eigenvalue weighted by Gasteiger charge is 2.36. The minimum atomic E-state index is -1.05. The average molecular weight is 329 g/mol. The summed E-state index contributed by atoms with van der Waals surface area (Å²) >= 11 is 0. The Hall–Kier alpha value is -3.24. The molecule has 1 N–H and O–H groups in total. The number of fused-ring (bicyclic) bond motifs is 1. The number of hydrogen-bond acceptors (Lipinski definition) is 3. The molecule has 0 fully saturated rings. The van der Waals surface area contributed by atoms with E-state index in [0.717, 1.165) is 0 Å². The number of aliphatic hydroxyl groups is 1. The normalized spacial score (nSPS) is 16.0. The van der Waals surface area contributed by atoms with Crippen molar-refractivity contribution in [3.63, 3.8) is 0 Å². The number of carbonyl (C=O) groups excluding carboxylic acids is 2. The molecule has 0 aliphatic carbocycles. The van der Waals surface area contributed by atoms with Gasteiger partial charge in [0, 0.05) is 27.9 Å². The van der Waals surface area contributed by atoms with Crippen molar-refractivity contribution >= 4 is 17.4 Å². The third kappa shape index (κ3) is 2.53. The van der Waals surface area contributed by atoms with Gasteiger partial charge in [0.05, 0.1) is 0 Å². The molecule has 1 heterocycles. The maximum atomic E-state index is 12.6. The maximum absolute atomic E-state index is 12.6. The Morgan fingerprint density at radius 1 is 0.840 bits per heavy atom. The molecule has 1 atom stereocenters. The summed E-state index contributed by atoms with van der Waals surface area (Å²) in [5.74, 6) is -0.395. The van der Waals surface area contributed by atoms with Crippen LogP contribution in [0.5, 0.6) is 0 Å². The minimum absolute atomic E-state index is 0.124. The summed E-state index contributed by atoms with van der Waals surface area (Å²) in [5.41, 5.74) is 2.61. The van der Waals surface area contributed by atoms with E-state index in [1.807, 2.05) is 18.2 Å². The molecule has 25 heavy (non-hydrogen) atoms. The van der Waals surface area contributed by atoms with Crippen LogP contribution in [0.3, 0.4) is 0 Å². The summed E-state index contributed by atoms with van der Waals surface area (Å²) in [6, 6.07) is 22.7. The summed E-state index contributed by atoms with van der Waals surface area (Å²) < 4.78 is 0. The van der Waals surface area contributed by atoms with Gasteiger partial charge in [-0.05, 0) is 18.2 Å². The third-order valence-corrected chi connectivity index (χ3v) is 4.36. The fourth-order valence-corrected chi connectivity index (χ4v) is 3.11. The van der Waals surface area contributed by atoms with E-state index < -0.39 is 6.23 Å². The minimum Gasteiger partial charge on any atom is -0.369 e. The zero-order chi connectivity index (χ0) is 17.4. The van der Waals surface area contributed by atoms with Crippen LogP contribution in [0.4, 0.5) is 5.69 Å². The van der Waals surface area contributed by atoms with Gasteiger partial charge in [0.15, 0.2) is 12.0 Å². The molecule has 0 saturated carbocycles. The van der Waals surface area contributed by atoms with Gasteiger partial charge in [-0.15, -0.1) is 0 Å². The SMILES string of the molecule is O=C(c1ccccc1)c1cccc(N2C(=O)c3ccccc3C2O)c1. The van der Waals surface area contributed by atoms with Crippen molar-refractivity contribution < 1.29 is 14.7 Å². The predicted molar refractivity (Wildman–Crippen MR) is 94.5 cm³/mol. The van der Waals surface area contributed by atoms with E-state index in [0.29, 0.717) is 27.9 Å². The van der Waals surface area contributed by atoms with E-state index in [1.54, 1.807) is 60.7 Å². The van der Waals surface area contributed by atoms with Gasteiger partial charge >= 0.3 is 0 Å². The second-order valence-corrected chi connectivity index (χ2v) is 5.88. The van der Waals surface area contributed by atoms with Gasteiger partial charge in [-0.2, -0.15) is 0 Å². The Balaban J connectivity index is 1.72. The van der Waals surface area contributed by atoms with Crippen LogP contribution in [0, 0.1) is 0 Å². The van der Waals surface area contributed by atoms with Crippen molar-refractivity contribution in [1.29, 1.82) is 0 Å². The molecular weight excluding hydrogens is 314 g/mol. The quantitative estimate of drug-likeness (QED) is 0.747.